The summed E-state index contributed by atoms with van der Waals surface area (Å²) in [5.74, 6) is 0. The van der Waals surface area contributed by atoms with Crippen LogP contribution in [0.1, 0.15) is 0 Å². The van der Waals surface area contributed by atoms with Crippen molar-refractivity contribution in [1.29, 1.82) is 0 Å². The molecule has 0 saturated carbocycles. The Kier molecular flexibility index (Phi) is 1.63. The fourth-order valence-corrected chi connectivity index (χ4v) is 1.27. The molecule has 0 unspecified atom stereocenters. The summed E-state index contributed by atoms with van der Waals surface area (Å²) in [6, 6.07) is 3.73. The van der Waals surface area contributed by atoms with Gasteiger partial charge in [-0.15, -0.1) is 0 Å². The molecule has 1 aromatic rings. The molecule has 0 N–H and O–H groups in total. The minimum absolute atomic E-state index is 0.0412. The Morgan fingerprint density at radius 1 is 1.50 bits per heavy atom. The first-order valence-corrected chi connectivity index (χ1v) is 3.87. The van der Waals surface area contributed by atoms with Gasteiger partial charge in [0.25, 0.3) is 5.69 Å². The first-order valence-electron chi connectivity index (χ1n) is 3.87. The number of nitro groups is 1. The number of fused-ring (bicyclic) bond motifs is 1. The average Bonchev–Trinajstić information content (AvgIpc) is 2.43. The van der Waals surface area contributed by atoms with E-state index in [1.165, 1.54) is 30.1 Å². The maximum Gasteiger partial charge on any atom is 0.348 e. The molecule has 1 aliphatic heterocycles. The van der Waals surface area contributed by atoms with Crippen LogP contribution in [0.5, 0.6) is 0 Å². The molecule has 0 saturated heterocycles. The molecule has 0 atom stereocenters. The van der Waals surface area contributed by atoms with Crippen molar-refractivity contribution in [2.24, 2.45) is 0 Å². The van der Waals surface area contributed by atoms with E-state index < -0.39 is 11.0 Å². The second-order valence-corrected chi connectivity index (χ2v) is 2.88. The van der Waals surface area contributed by atoms with Gasteiger partial charge in [0.15, 0.2) is 0 Å². The number of urea groups is 1. The van der Waals surface area contributed by atoms with Crippen molar-refractivity contribution in [2.45, 2.75) is 0 Å². The second-order valence-electron chi connectivity index (χ2n) is 2.88. The Hall–Kier alpha value is -2.11. The van der Waals surface area contributed by atoms with E-state index in [2.05, 4.69) is 5.32 Å². The summed E-state index contributed by atoms with van der Waals surface area (Å²) >= 11 is 0. The Morgan fingerprint density at radius 2 is 2.21 bits per heavy atom. The Balaban J connectivity index is 2.51. The van der Waals surface area contributed by atoms with Gasteiger partial charge in [0.2, 0.25) is 0 Å². The highest BCUT2D eigenvalue weighted by Gasteiger charge is 2.27. The standard InChI is InChI=1S/C8H6N3O3/c1-10-7-4-5(11(13)14)2-3-6(7)9-8(10)12/h2-4H,1H3. The highest BCUT2D eigenvalue weighted by Crippen LogP contribution is 2.34. The number of hydrogen-bond donors (Lipinski definition) is 0. The van der Waals surface area contributed by atoms with E-state index in [0.717, 1.165) is 0 Å². The maximum absolute atomic E-state index is 11.1. The highest BCUT2D eigenvalue weighted by molar-refractivity contribution is 6.04. The molecule has 14 heavy (non-hydrogen) atoms. The molecule has 0 fully saturated rings. The number of anilines is 1. The molecule has 0 aromatic heterocycles. The lowest BCUT2D eigenvalue weighted by atomic mass is 10.2. The normalized spacial score (nSPS) is 13.8. The number of rotatable bonds is 1. The number of carbonyl (C=O) groups excluding carboxylic acids is 1. The SMILES string of the molecule is CN1C(=O)[N]c2ccc([N+](=O)[O-])cc21. The Labute approximate surface area is 79.3 Å². The summed E-state index contributed by atoms with van der Waals surface area (Å²) in [7, 11) is 1.53. The van der Waals surface area contributed by atoms with Gasteiger partial charge in [0.1, 0.15) is 0 Å². The largest absolute Gasteiger partial charge is 0.348 e. The summed E-state index contributed by atoms with van der Waals surface area (Å²) in [5.41, 5.74) is 0.910. The fourth-order valence-electron chi connectivity index (χ4n) is 1.27. The number of carbonyl (C=O) groups is 1. The van der Waals surface area contributed by atoms with E-state index in [9.17, 15) is 14.9 Å². The van der Waals surface area contributed by atoms with Crippen molar-refractivity contribution in [2.75, 3.05) is 11.9 Å². The van der Waals surface area contributed by atoms with Crippen LogP contribution >= 0.6 is 0 Å². The van der Waals surface area contributed by atoms with Gasteiger partial charge < -0.3 is 0 Å². The molecule has 71 valence electrons. The number of non-ortho nitro benzene ring substituents is 1. The van der Waals surface area contributed by atoms with Gasteiger partial charge in [-0.05, 0) is 6.07 Å². The van der Waals surface area contributed by atoms with Gasteiger partial charge >= 0.3 is 6.03 Å². The zero-order valence-electron chi connectivity index (χ0n) is 7.30. The summed E-state index contributed by atoms with van der Waals surface area (Å²) in [6.45, 7) is 0. The molecule has 1 aliphatic rings. The number of benzene rings is 1. The average molecular weight is 192 g/mol. The third kappa shape index (κ3) is 1.08. The minimum Gasteiger partial charge on any atom is -0.293 e. The quantitative estimate of drug-likeness (QED) is 0.498. The van der Waals surface area contributed by atoms with Crippen LogP contribution in [0.15, 0.2) is 18.2 Å². The summed E-state index contributed by atoms with van der Waals surface area (Å²) < 4.78 is 0. The summed E-state index contributed by atoms with van der Waals surface area (Å²) in [4.78, 5) is 22.3. The number of nitrogens with zero attached hydrogens (tertiary/aromatic N) is 3. The second kappa shape index (κ2) is 2.69. The van der Waals surface area contributed by atoms with E-state index in [1.807, 2.05) is 0 Å². The summed E-state index contributed by atoms with van der Waals surface area (Å²) in [6.07, 6.45) is 0. The molecule has 1 heterocycles. The van der Waals surface area contributed by atoms with Crippen LogP contribution in [0.4, 0.5) is 21.9 Å². The predicted molar refractivity (Wildman–Crippen MR) is 48.7 cm³/mol. The first kappa shape index (κ1) is 8.49. The van der Waals surface area contributed by atoms with Gasteiger partial charge in [0, 0.05) is 19.2 Å². The van der Waals surface area contributed by atoms with Crippen molar-refractivity contribution in [3.63, 3.8) is 0 Å². The third-order valence-corrected chi connectivity index (χ3v) is 2.03. The summed E-state index contributed by atoms with van der Waals surface area (Å²) in [5, 5.41) is 14.2. The third-order valence-electron chi connectivity index (χ3n) is 2.03. The minimum atomic E-state index is -0.503. The van der Waals surface area contributed by atoms with Crippen LogP contribution in [-0.2, 0) is 0 Å². The van der Waals surface area contributed by atoms with E-state index >= 15 is 0 Å². The Bertz CT molecular complexity index is 430. The molecule has 2 rings (SSSR count). The molecule has 1 radical (unpaired) electrons. The van der Waals surface area contributed by atoms with Crippen LogP contribution in [-0.4, -0.2) is 18.0 Å². The monoisotopic (exact) mass is 192 g/mol. The van der Waals surface area contributed by atoms with Crippen LogP contribution in [0.3, 0.4) is 0 Å². The molecular weight excluding hydrogens is 186 g/mol. The smallest absolute Gasteiger partial charge is 0.293 e. The number of amides is 2. The highest BCUT2D eigenvalue weighted by atomic mass is 16.6. The van der Waals surface area contributed by atoms with Crippen LogP contribution < -0.4 is 10.2 Å². The van der Waals surface area contributed by atoms with Crippen molar-refractivity contribution >= 4 is 23.1 Å². The lowest BCUT2D eigenvalue weighted by Crippen LogP contribution is -2.22. The van der Waals surface area contributed by atoms with Gasteiger partial charge in [0.05, 0.1) is 16.3 Å². The van der Waals surface area contributed by atoms with E-state index in [0.29, 0.717) is 11.4 Å². The molecule has 0 spiro atoms. The molecule has 6 heteroatoms. The Morgan fingerprint density at radius 3 is 2.86 bits per heavy atom. The van der Waals surface area contributed by atoms with E-state index in [-0.39, 0.29) is 5.69 Å². The zero-order chi connectivity index (χ0) is 10.3. The van der Waals surface area contributed by atoms with Gasteiger partial charge in [-0.3, -0.25) is 15.0 Å². The van der Waals surface area contributed by atoms with Gasteiger partial charge in [-0.2, -0.15) is 5.32 Å². The maximum atomic E-state index is 11.1. The molecule has 0 aliphatic carbocycles. The van der Waals surface area contributed by atoms with E-state index in [1.54, 1.807) is 0 Å². The van der Waals surface area contributed by atoms with Gasteiger partial charge in [-0.25, -0.2) is 4.79 Å². The molecule has 2 amide bonds. The first-order chi connectivity index (χ1) is 6.59. The number of nitro benzene ring substituents is 1. The lowest BCUT2D eigenvalue weighted by Gasteiger charge is -2.05. The van der Waals surface area contributed by atoms with Crippen LogP contribution in [0.2, 0.25) is 0 Å². The van der Waals surface area contributed by atoms with Crippen LogP contribution in [0.25, 0.3) is 0 Å². The van der Waals surface area contributed by atoms with Crippen molar-refractivity contribution in [1.82, 2.24) is 5.32 Å². The van der Waals surface area contributed by atoms with Crippen LogP contribution in [0, 0.1) is 10.1 Å². The predicted octanol–water partition coefficient (Wildman–Crippen LogP) is 1.40. The molecule has 6 nitrogen and oxygen atoms in total. The van der Waals surface area contributed by atoms with Crippen molar-refractivity contribution < 1.29 is 9.72 Å². The fraction of sp³-hybridized carbons (Fsp3) is 0.125. The van der Waals surface area contributed by atoms with Crippen molar-refractivity contribution in [3.8, 4) is 0 Å². The zero-order valence-corrected chi connectivity index (χ0v) is 7.30. The van der Waals surface area contributed by atoms with Crippen molar-refractivity contribution in [3.05, 3.63) is 28.3 Å². The lowest BCUT2D eigenvalue weighted by molar-refractivity contribution is -0.384. The molecule has 1 aromatic carbocycles. The van der Waals surface area contributed by atoms with E-state index in [4.69, 9.17) is 0 Å². The topological polar surface area (TPSA) is 77.5 Å². The van der Waals surface area contributed by atoms with Gasteiger partial charge in [-0.1, -0.05) is 0 Å². The molecule has 0 bridgehead atoms. The number of hydrogen-bond acceptors (Lipinski definition) is 3. The molecular formula is C8H6N3O3.